The molecule has 0 N–H and O–H groups in total. The average Bonchev–Trinajstić information content (AvgIpc) is 2.73. The third-order valence-corrected chi connectivity index (χ3v) is 3.53. The van der Waals surface area contributed by atoms with Gasteiger partial charge in [0.15, 0.2) is 5.78 Å². The van der Waals surface area contributed by atoms with Crippen LogP contribution in [0.5, 0.6) is 0 Å². The maximum Gasteiger partial charge on any atom is 0.417 e. The van der Waals surface area contributed by atoms with E-state index >= 15 is 0 Å². The molecule has 0 unspecified atom stereocenters. The molecular formula is C13H9F4NOS. The van der Waals surface area contributed by atoms with Crippen molar-refractivity contribution in [3.05, 3.63) is 51.2 Å². The zero-order valence-corrected chi connectivity index (χ0v) is 11.1. The molecule has 20 heavy (non-hydrogen) atoms. The van der Waals surface area contributed by atoms with E-state index < -0.39 is 28.9 Å². The zero-order chi connectivity index (χ0) is 14.9. The number of carbonyl (C=O) groups is 1. The predicted molar refractivity (Wildman–Crippen MR) is 66.3 cm³/mol. The molecule has 0 saturated carbocycles. The van der Waals surface area contributed by atoms with Gasteiger partial charge in [-0.3, -0.25) is 4.79 Å². The average molecular weight is 303 g/mol. The second-order valence-corrected chi connectivity index (χ2v) is 5.11. The summed E-state index contributed by atoms with van der Waals surface area (Å²) in [6, 6.07) is 1.88. The van der Waals surface area contributed by atoms with Crippen LogP contribution in [0.2, 0.25) is 0 Å². The SMILES string of the molecule is Cc1csc(CC(=O)c2cc(F)ccc2C(F)(F)F)n1. The summed E-state index contributed by atoms with van der Waals surface area (Å²) < 4.78 is 51.5. The van der Waals surface area contributed by atoms with Crippen LogP contribution >= 0.6 is 11.3 Å². The number of benzene rings is 1. The highest BCUT2D eigenvalue weighted by Crippen LogP contribution is 2.33. The third-order valence-electron chi connectivity index (χ3n) is 2.57. The van der Waals surface area contributed by atoms with Gasteiger partial charge in [-0.2, -0.15) is 13.2 Å². The fraction of sp³-hybridized carbons (Fsp3) is 0.231. The molecule has 0 radical (unpaired) electrons. The smallest absolute Gasteiger partial charge is 0.294 e. The van der Waals surface area contributed by atoms with Crippen molar-refractivity contribution in [3.8, 4) is 0 Å². The van der Waals surface area contributed by atoms with E-state index in [1.165, 1.54) is 11.3 Å². The van der Waals surface area contributed by atoms with Crippen molar-refractivity contribution < 1.29 is 22.4 Å². The highest BCUT2D eigenvalue weighted by Gasteiger charge is 2.35. The lowest BCUT2D eigenvalue weighted by Gasteiger charge is -2.11. The Hall–Kier alpha value is -1.76. The molecule has 1 heterocycles. The number of ketones is 1. The largest absolute Gasteiger partial charge is 0.417 e. The Morgan fingerprint density at radius 1 is 1.35 bits per heavy atom. The maximum atomic E-state index is 13.1. The number of aromatic nitrogens is 1. The van der Waals surface area contributed by atoms with Crippen molar-refractivity contribution >= 4 is 17.1 Å². The fourth-order valence-electron chi connectivity index (χ4n) is 1.71. The number of Topliss-reactive ketones (excluding diaryl/α,β-unsaturated/α-hetero) is 1. The van der Waals surface area contributed by atoms with Crippen LogP contribution in [-0.2, 0) is 12.6 Å². The first-order valence-corrected chi connectivity index (χ1v) is 6.46. The first-order chi connectivity index (χ1) is 9.27. The van der Waals surface area contributed by atoms with Gasteiger partial charge >= 0.3 is 6.18 Å². The van der Waals surface area contributed by atoms with E-state index in [4.69, 9.17) is 0 Å². The van der Waals surface area contributed by atoms with E-state index in [1.54, 1.807) is 12.3 Å². The van der Waals surface area contributed by atoms with Crippen LogP contribution in [0.25, 0.3) is 0 Å². The lowest BCUT2D eigenvalue weighted by atomic mass is 10.0. The monoisotopic (exact) mass is 303 g/mol. The topological polar surface area (TPSA) is 30.0 Å². The van der Waals surface area contributed by atoms with Crippen molar-refractivity contribution in [2.45, 2.75) is 19.5 Å². The highest BCUT2D eigenvalue weighted by atomic mass is 32.1. The van der Waals surface area contributed by atoms with Crippen molar-refractivity contribution in [1.29, 1.82) is 0 Å². The first kappa shape index (κ1) is 14.6. The molecule has 1 aromatic carbocycles. The standard InChI is InChI=1S/C13H9F4NOS/c1-7-6-20-12(18-7)5-11(19)9-4-8(14)2-3-10(9)13(15,16)17/h2-4,6H,5H2,1H3. The van der Waals surface area contributed by atoms with Crippen molar-refractivity contribution in [1.82, 2.24) is 4.98 Å². The molecule has 106 valence electrons. The number of hydrogen-bond acceptors (Lipinski definition) is 3. The Morgan fingerprint density at radius 2 is 2.05 bits per heavy atom. The molecule has 7 heteroatoms. The third kappa shape index (κ3) is 3.22. The molecular weight excluding hydrogens is 294 g/mol. The molecule has 0 saturated heterocycles. The Morgan fingerprint density at radius 3 is 2.60 bits per heavy atom. The van der Waals surface area contributed by atoms with Crippen LogP contribution in [0.4, 0.5) is 17.6 Å². The van der Waals surface area contributed by atoms with Crippen molar-refractivity contribution in [2.75, 3.05) is 0 Å². The minimum absolute atomic E-state index is 0.273. The van der Waals surface area contributed by atoms with E-state index in [0.717, 1.165) is 0 Å². The van der Waals surface area contributed by atoms with Gasteiger partial charge in [0.1, 0.15) is 10.8 Å². The molecule has 0 atom stereocenters. The number of aryl methyl sites for hydroxylation is 1. The Kier molecular flexibility index (Phi) is 3.89. The molecule has 0 aliphatic heterocycles. The summed E-state index contributed by atoms with van der Waals surface area (Å²) in [5.41, 5.74) is -1.10. The van der Waals surface area contributed by atoms with Gasteiger partial charge in [-0.25, -0.2) is 9.37 Å². The maximum absolute atomic E-state index is 13.1. The minimum atomic E-state index is -4.70. The molecule has 0 amide bonds. The molecule has 2 nitrogen and oxygen atoms in total. The Balaban J connectivity index is 2.36. The fourth-order valence-corrected chi connectivity index (χ4v) is 2.48. The van der Waals surface area contributed by atoms with Crippen LogP contribution in [0.3, 0.4) is 0 Å². The molecule has 0 aliphatic rings. The molecule has 0 bridgehead atoms. The number of hydrogen-bond donors (Lipinski definition) is 0. The van der Waals surface area contributed by atoms with E-state index in [9.17, 15) is 22.4 Å². The van der Waals surface area contributed by atoms with Gasteiger partial charge in [-0.05, 0) is 25.1 Å². The Labute approximate surface area is 116 Å². The van der Waals surface area contributed by atoms with Crippen LogP contribution in [0, 0.1) is 12.7 Å². The molecule has 0 aliphatic carbocycles. The summed E-state index contributed by atoms with van der Waals surface area (Å²) in [5.74, 6) is -1.68. The number of halogens is 4. The molecule has 2 aromatic rings. The first-order valence-electron chi connectivity index (χ1n) is 5.58. The van der Waals surface area contributed by atoms with Gasteiger partial charge < -0.3 is 0 Å². The summed E-state index contributed by atoms with van der Waals surface area (Å²) in [6.45, 7) is 1.72. The van der Waals surface area contributed by atoms with Gasteiger partial charge in [0, 0.05) is 16.6 Å². The number of rotatable bonds is 3. The van der Waals surface area contributed by atoms with E-state index in [0.29, 0.717) is 28.9 Å². The van der Waals surface area contributed by atoms with Gasteiger partial charge in [0.25, 0.3) is 0 Å². The van der Waals surface area contributed by atoms with Crippen LogP contribution < -0.4 is 0 Å². The minimum Gasteiger partial charge on any atom is -0.294 e. The normalized spacial score (nSPS) is 11.7. The van der Waals surface area contributed by atoms with Crippen molar-refractivity contribution in [3.63, 3.8) is 0 Å². The van der Waals surface area contributed by atoms with Gasteiger partial charge in [0.05, 0.1) is 12.0 Å². The van der Waals surface area contributed by atoms with Gasteiger partial charge in [-0.1, -0.05) is 0 Å². The number of carbonyl (C=O) groups excluding carboxylic acids is 1. The Bertz CT molecular complexity index is 648. The summed E-state index contributed by atoms with van der Waals surface area (Å²) in [7, 11) is 0. The van der Waals surface area contributed by atoms with Crippen LogP contribution in [-0.4, -0.2) is 10.8 Å². The zero-order valence-electron chi connectivity index (χ0n) is 10.3. The lowest BCUT2D eigenvalue weighted by molar-refractivity contribution is -0.137. The quantitative estimate of drug-likeness (QED) is 0.633. The predicted octanol–water partition coefficient (Wildman–Crippen LogP) is 4.03. The molecule has 0 fully saturated rings. The van der Waals surface area contributed by atoms with Crippen molar-refractivity contribution in [2.24, 2.45) is 0 Å². The number of nitrogens with zero attached hydrogens (tertiary/aromatic N) is 1. The van der Waals surface area contributed by atoms with E-state index in [2.05, 4.69) is 4.98 Å². The summed E-state index contributed by atoms with van der Waals surface area (Å²) in [5, 5.41) is 2.10. The molecule has 2 rings (SSSR count). The highest BCUT2D eigenvalue weighted by molar-refractivity contribution is 7.09. The molecule has 1 aromatic heterocycles. The van der Waals surface area contributed by atoms with E-state index in [1.807, 2.05) is 0 Å². The second-order valence-electron chi connectivity index (χ2n) is 4.17. The summed E-state index contributed by atoms with van der Waals surface area (Å²) in [6.07, 6.45) is -4.97. The van der Waals surface area contributed by atoms with Gasteiger partial charge in [-0.15, -0.1) is 11.3 Å². The van der Waals surface area contributed by atoms with Crippen LogP contribution in [0.1, 0.15) is 26.6 Å². The second kappa shape index (κ2) is 5.32. The number of alkyl halides is 3. The van der Waals surface area contributed by atoms with Gasteiger partial charge in [0.2, 0.25) is 0 Å². The lowest BCUT2D eigenvalue weighted by Crippen LogP contribution is -2.15. The molecule has 0 spiro atoms. The summed E-state index contributed by atoms with van der Waals surface area (Å²) >= 11 is 1.18. The number of thiazole rings is 1. The summed E-state index contributed by atoms with van der Waals surface area (Å²) in [4.78, 5) is 16.0. The van der Waals surface area contributed by atoms with Crippen LogP contribution in [0.15, 0.2) is 23.6 Å². The van der Waals surface area contributed by atoms with E-state index in [-0.39, 0.29) is 6.42 Å².